The maximum absolute atomic E-state index is 13.3. The molecule has 1 heterocycles. The monoisotopic (exact) mass is 218 g/mol. The summed E-state index contributed by atoms with van der Waals surface area (Å²) in [5, 5.41) is 3.92. The van der Waals surface area contributed by atoms with Crippen molar-refractivity contribution in [3.05, 3.63) is 54.1 Å². The van der Waals surface area contributed by atoms with Crippen molar-refractivity contribution in [1.82, 2.24) is 9.78 Å². The number of rotatable bonds is 4. The fourth-order valence-electron chi connectivity index (χ4n) is 1.48. The Bertz CT molecular complexity index is 480. The molecule has 1 aromatic carbocycles. The molecule has 2 aromatic rings. The van der Waals surface area contributed by atoms with Gasteiger partial charge in [0, 0.05) is 18.8 Å². The molecule has 2 rings (SSSR count). The highest BCUT2D eigenvalue weighted by atomic mass is 19.1. The zero-order valence-electron chi connectivity index (χ0n) is 8.64. The molecular weight excluding hydrogens is 207 g/mol. The maximum Gasteiger partial charge on any atom is 0.158 e. The van der Waals surface area contributed by atoms with Crippen LogP contribution in [-0.4, -0.2) is 15.6 Å². The van der Waals surface area contributed by atoms with E-state index < -0.39 is 0 Å². The molecule has 0 saturated heterocycles. The molecule has 0 spiro atoms. The van der Waals surface area contributed by atoms with Gasteiger partial charge in [0.2, 0.25) is 0 Å². The second-order valence-electron chi connectivity index (χ2n) is 3.51. The Hall–Kier alpha value is -1.97. The minimum absolute atomic E-state index is 0.0613. The first kappa shape index (κ1) is 10.5. The fourth-order valence-corrected chi connectivity index (χ4v) is 1.48. The van der Waals surface area contributed by atoms with Crippen molar-refractivity contribution in [1.29, 1.82) is 0 Å². The second-order valence-corrected chi connectivity index (χ2v) is 3.51. The molecule has 0 aliphatic rings. The molecule has 0 bridgehead atoms. The molecule has 82 valence electrons. The zero-order valence-corrected chi connectivity index (χ0v) is 8.64. The first-order valence-electron chi connectivity index (χ1n) is 4.98. The number of benzene rings is 1. The van der Waals surface area contributed by atoms with Crippen molar-refractivity contribution in [3.8, 4) is 0 Å². The number of ketones is 1. The normalized spacial score (nSPS) is 10.3. The van der Waals surface area contributed by atoms with E-state index in [-0.39, 0.29) is 24.6 Å². The van der Waals surface area contributed by atoms with Crippen molar-refractivity contribution in [3.63, 3.8) is 0 Å². The minimum atomic E-state index is -0.337. The summed E-state index contributed by atoms with van der Waals surface area (Å²) in [6, 6.07) is 8.06. The molecule has 0 aliphatic carbocycles. The van der Waals surface area contributed by atoms with Crippen molar-refractivity contribution >= 4 is 5.78 Å². The summed E-state index contributed by atoms with van der Waals surface area (Å²) in [6.45, 7) is 0.182. The van der Waals surface area contributed by atoms with E-state index in [1.165, 1.54) is 10.7 Å². The summed E-state index contributed by atoms with van der Waals surface area (Å²) in [4.78, 5) is 11.6. The van der Waals surface area contributed by atoms with Crippen LogP contribution in [0.3, 0.4) is 0 Å². The Labute approximate surface area is 92.5 Å². The summed E-state index contributed by atoms with van der Waals surface area (Å²) in [5.41, 5.74) is 0.430. The minimum Gasteiger partial charge on any atom is -0.297 e. The smallest absolute Gasteiger partial charge is 0.158 e. The van der Waals surface area contributed by atoms with Gasteiger partial charge in [-0.25, -0.2) is 4.39 Å². The molecule has 0 aliphatic heterocycles. The van der Waals surface area contributed by atoms with Crippen molar-refractivity contribution in [2.24, 2.45) is 0 Å². The van der Waals surface area contributed by atoms with Gasteiger partial charge in [-0.15, -0.1) is 0 Å². The van der Waals surface area contributed by atoms with Crippen LogP contribution < -0.4 is 0 Å². The van der Waals surface area contributed by atoms with Gasteiger partial charge in [0.1, 0.15) is 5.82 Å². The SMILES string of the molecule is O=C(Cc1ccccc1F)Cn1cccn1. The van der Waals surface area contributed by atoms with E-state index >= 15 is 0 Å². The molecule has 0 fully saturated rings. The highest BCUT2D eigenvalue weighted by Crippen LogP contribution is 2.07. The lowest BCUT2D eigenvalue weighted by molar-refractivity contribution is -0.119. The third-order valence-corrected chi connectivity index (χ3v) is 2.24. The number of hydrogen-bond donors (Lipinski definition) is 0. The summed E-state index contributed by atoms with van der Waals surface area (Å²) in [7, 11) is 0. The van der Waals surface area contributed by atoms with Crippen molar-refractivity contribution in [2.75, 3.05) is 0 Å². The molecule has 0 saturated carbocycles. The van der Waals surface area contributed by atoms with Crippen LogP contribution in [0.5, 0.6) is 0 Å². The molecule has 3 nitrogen and oxygen atoms in total. The molecule has 16 heavy (non-hydrogen) atoms. The van der Waals surface area contributed by atoms with Crippen LogP contribution in [0.2, 0.25) is 0 Å². The number of aromatic nitrogens is 2. The van der Waals surface area contributed by atoms with E-state index in [0.717, 1.165) is 0 Å². The molecule has 4 heteroatoms. The van der Waals surface area contributed by atoms with Gasteiger partial charge in [0.25, 0.3) is 0 Å². The fraction of sp³-hybridized carbons (Fsp3) is 0.167. The van der Waals surface area contributed by atoms with Gasteiger partial charge in [-0.05, 0) is 17.7 Å². The van der Waals surface area contributed by atoms with Crippen LogP contribution in [0, 0.1) is 5.82 Å². The van der Waals surface area contributed by atoms with Crippen molar-refractivity contribution in [2.45, 2.75) is 13.0 Å². The largest absolute Gasteiger partial charge is 0.297 e. The second kappa shape index (κ2) is 4.70. The van der Waals surface area contributed by atoms with E-state index in [0.29, 0.717) is 5.56 Å². The molecule has 0 unspecified atom stereocenters. The van der Waals surface area contributed by atoms with Gasteiger partial charge in [0.15, 0.2) is 5.78 Å². The van der Waals surface area contributed by atoms with Gasteiger partial charge < -0.3 is 0 Å². The van der Waals surface area contributed by atoms with Crippen LogP contribution in [0.15, 0.2) is 42.7 Å². The van der Waals surface area contributed by atoms with Gasteiger partial charge in [0.05, 0.1) is 6.54 Å². The lowest BCUT2D eigenvalue weighted by atomic mass is 10.1. The molecule has 0 amide bonds. The topological polar surface area (TPSA) is 34.9 Å². The van der Waals surface area contributed by atoms with Crippen LogP contribution >= 0.6 is 0 Å². The maximum atomic E-state index is 13.3. The van der Waals surface area contributed by atoms with E-state index in [9.17, 15) is 9.18 Å². The first-order chi connectivity index (χ1) is 7.75. The summed E-state index contributed by atoms with van der Waals surface area (Å²) in [6.07, 6.45) is 3.42. The number of halogens is 1. The molecular formula is C12H11FN2O. The Morgan fingerprint density at radius 2 is 2.12 bits per heavy atom. The van der Waals surface area contributed by atoms with E-state index in [2.05, 4.69) is 5.10 Å². The molecule has 0 atom stereocenters. The Morgan fingerprint density at radius 1 is 1.31 bits per heavy atom. The van der Waals surface area contributed by atoms with E-state index in [4.69, 9.17) is 0 Å². The average Bonchev–Trinajstić information content (AvgIpc) is 2.74. The highest BCUT2D eigenvalue weighted by Gasteiger charge is 2.08. The van der Waals surface area contributed by atoms with E-state index in [1.807, 2.05) is 0 Å². The zero-order chi connectivity index (χ0) is 11.4. The van der Waals surface area contributed by atoms with Gasteiger partial charge in [-0.3, -0.25) is 9.48 Å². The summed E-state index contributed by atoms with van der Waals surface area (Å²) in [5.74, 6) is -0.398. The Balaban J connectivity index is 2.00. The number of nitrogens with zero attached hydrogens (tertiary/aromatic N) is 2. The lowest BCUT2D eigenvalue weighted by Crippen LogP contribution is -2.13. The Morgan fingerprint density at radius 3 is 2.81 bits per heavy atom. The van der Waals surface area contributed by atoms with Gasteiger partial charge in [-0.1, -0.05) is 18.2 Å². The van der Waals surface area contributed by atoms with Crippen molar-refractivity contribution < 1.29 is 9.18 Å². The predicted octanol–water partition coefficient (Wildman–Crippen LogP) is 1.83. The number of carbonyl (C=O) groups excluding carboxylic acids is 1. The number of Topliss-reactive ketones (excluding diaryl/α,β-unsaturated/α-hetero) is 1. The highest BCUT2D eigenvalue weighted by molar-refractivity contribution is 5.80. The van der Waals surface area contributed by atoms with Crippen LogP contribution in [-0.2, 0) is 17.8 Å². The molecule has 0 radical (unpaired) electrons. The quantitative estimate of drug-likeness (QED) is 0.784. The van der Waals surface area contributed by atoms with Gasteiger partial charge >= 0.3 is 0 Å². The third kappa shape index (κ3) is 2.53. The standard InChI is InChI=1S/C12H11FN2O/c13-12-5-2-1-4-10(12)8-11(16)9-15-7-3-6-14-15/h1-7H,8-9H2. The molecule has 0 N–H and O–H groups in total. The van der Waals surface area contributed by atoms with E-state index in [1.54, 1.807) is 36.7 Å². The Kier molecular flexibility index (Phi) is 3.10. The van der Waals surface area contributed by atoms with Crippen LogP contribution in [0.4, 0.5) is 4.39 Å². The summed E-state index contributed by atoms with van der Waals surface area (Å²) < 4.78 is 14.8. The van der Waals surface area contributed by atoms with Crippen LogP contribution in [0.1, 0.15) is 5.56 Å². The number of hydrogen-bond acceptors (Lipinski definition) is 2. The summed E-state index contributed by atoms with van der Waals surface area (Å²) >= 11 is 0. The van der Waals surface area contributed by atoms with Gasteiger partial charge in [-0.2, -0.15) is 5.10 Å². The third-order valence-electron chi connectivity index (χ3n) is 2.24. The lowest BCUT2D eigenvalue weighted by Gasteiger charge is -2.02. The first-order valence-corrected chi connectivity index (χ1v) is 4.98. The van der Waals surface area contributed by atoms with Crippen LogP contribution in [0.25, 0.3) is 0 Å². The number of carbonyl (C=O) groups is 1. The molecule has 1 aromatic heterocycles. The predicted molar refractivity (Wildman–Crippen MR) is 57.3 cm³/mol. The average molecular weight is 218 g/mol.